The van der Waals surface area contributed by atoms with Crippen LogP contribution in [0.1, 0.15) is 5.56 Å². The van der Waals surface area contributed by atoms with Gasteiger partial charge in [-0.25, -0.2) is 0 Å². The van der Waals surface area contributed by atoms with Gasteiger partial charge in [-0.15, -0.1) is 5.10 Å². The van der Waals surface area contributed by atoms with Crippen molar-refractivity contribution < 1.29 is 4.92 Å². The number of aromatic amines is 1. The number of nitrogen functional groups attached to an aromatic ring is 1. The summed E-state index contributed by atoms with van der Waals surface area (Å²) in [6.07, 6.45) is 1.14. The second kappa shape index (κ2) is 2.37. The molecule has 0 atom stereocenters. The van der Waals surface area contributed by atoms with Crippen molar-refractivity contribution in [2.75, 3.05) is 0 Å². The van der Waals surface area contributed by atoms with Crippen molar-refractivity contribution in [1.29, 1.82) is 5.41 Å². The second-order valence-corrected chi connectivity index (χ2v) is 1.80. The number of H-pyrrole nitrogens is 1. The van der Waals surface area contributed by atoms with E-state index >= 15 is 0 Å². The van der Waals surface area contributed by atoms with Gasteiger partial charge in [-0.3, -0.25) is 5.41 Å². The number of nitrogens with two attached hydrogens (primary N) is 1. The second-order valence-electron chi connectivity index (χ2n) is 1.80. The molecular weight excluding hydrogens is 150 g/mol. The van der Waals surface area contributed by atoms with Crippen LogP contribution in [0.15, 0.2) is 6.20 Å². The van der Waals surface area contributed by atoms with Gasteiger partial charge in [0.1, 0.15) is 11.4 Å². The van der Waals surface area contributed by atoms with Crippen LogP contribution in [0.4, 0.5) is 5.82 Å². The van der Waals surface area contributed by atoms with Crippen molar-refractivity contribution in [2.24, 2.45) is 5.73 Å². The summed E-state index contributed by atoms with van der Waals surface area (Å²) in [5, 5.41) is 22.6. The highest BCUT2D eigenvalue weighted by atomic mass is 16.6. The molecule has 4 N–H and O–H groups in total. The monoisotopic (exact) mass is 155 g/mol. The number of hydrogen-bond acceptors (Lipinski definition) is 4. The van der Waals surface area contributed by atoms with Gasteiger partial charge < -0.3 is 15.8 Å². The molecule has 1 heterocycles. The van der Waals surface area contributed by atoms with E-state index in [4.69, 9.17) is 11.1 Å². The summed E-state index contributed by atoms with van der Waals surface area (Å²) in [5.41, 5.74) is 5.02. The fourth-order valence-corrected chi connectivity index (χ4v) is 0.616. The summed E-state index contributed by atoms with van der Waals surface area (Å²) in [4.78, 5) is 9.49. The molecular formula is C4H5N5O2. The summed E-state index contributed by atoms with van der Waals surface area (Å²) >= 11 is 0. The smallest absolute Gasteiger partial charge is 0.353 e. The van der Waals surface area contributed by atoms with Gasteiger partial charge in [0, 0.05) is 0 Å². The van der Waals surface area contributed by atoms with Crippen molar-refractivity contribution in [3.63, 3.8) is 0 Å². The van der Waals surface area contributed by atoms with Crippen LogP contribution in [0.25, 0.3) is 0 Å². The molecule has 1 aromatic heterocycles. The summed E-state index contributed by atoms with van der Waals surface area (Å²) < 4.78 is 0. The van der Waals surface area contributed by atoms with Crippen LogP contribution in [-0.4, -0.2) is 21.0 Å². The molecule has 0 aromatic carbocycles. The molecule has 7 nitrogen and oxygen atoms in total. The Kier molecular flexibility index (Phi) is 1.55. The maximum absolute atomic E-state index is 10.2. The lowest BCUT2D eigenvalue weighted by atomic mass is 10.3. The topological polar surface area (TPSA) is 122 Å². The maximum atomic E-state index is 10.2. The zero-order chi connectivity index (χ0) is 8.43. The predicted molar refractivity (Wildman–Crippen MR) is 36.3 cm³/mol. The van der Waals surface area contributed by atoms with E-state index in [9.17, 15) is 10.1 Å². The Labute approximate surface area is 60.9 Å². The van der Waals surface area contributed by atoms with Crippen molar-refractivity contribution in [3.8, 4) is 0 Å². The Morgan fingerprint density at radius 3 is 2.91 bits per heavy atom. The molecule has 0 fully saturated rings. The highest BCUT2D eigenvalue weighted by Gasteiger charge is 2.16. The molecule has 0 amide bonds. The van der Waals surface area contributed by atoms with Crippen LogP contribution in [0.5, 0.6) is 0 Å². The van der Waals surface area contributed by atoms with Crippen molar-refractivity contribution >= 4 is 11.7 Å². The highest BCUT2D eigenvalue weighted by molar-refractivity contribution is 5.97. The molecule has 0 bridgehead atoms. The molecule has 0 saturated carbocycles. The van der Waals surface area contributed by atoms with E-state index in [-0.39, 0.29) is 17.2 Å². The average Bonchev–Trinajstić information content (AvgIpc) is 2.32. The molecule has 58 valence electrons. The van der Waals surface area contributed by atoms with Gasteiger partial charge in [0.05, 0.1) is 6.20 Å². The number of nitrogens with one attached hydrogen (secondary N) is 2. The molecule has 0 unspecified atom stereocenters. The minimum Gasteiger partial charge on any atom is -0.383 e. The first-order chi connectivity index (χ1) is 5.13. The SMILES string of the molecule is N=C(N)c1cn[nH]c1[N+](=O)[O-]. The van der Waals surface area contributed by atoms with Gasteiger partial charge in [-0.1, -0.05) is 5.10 Å². The van der Waals surface area contributed by atoms with Crippen LogP contribution in [-0.2, 0) is 0 Å². The van der Waals surface area contributed by atoms with E-state index in [1.54, 1.807) is 0 Å². The Hall–Kier alpha value is -1.92. The number of amidine groups is 1. The molecule has 0 aliphatic heterocycles. The number of nitro groups is 1. The number of aromatic nitrogens is 2. The lowest BCUT2D eigenvalue weighted by Crippen LogP contribution is -2.11. The standard InChI is InChI=1S/C4H5N5O2/c5-3(6)2-1-7-8-4(2)9(10)11/h1H,(H3,5,6)(H,7,8). The molecule has 0 saturated heterocycles. The Morgan fingerprint density at radius 2 is 2.55 bits per heavy atom. The molecule has 0 radical (unpaired) electrons. The van der Waals surface area contributed by atoms with Gasteiger partial charge in [0.2, 0.25) is 0 Å². The first-order valence-corrected chi connectivity index (χ1v) is 2.65. The largest absolute Gasteiger partial charge is 0.383 e. The summed E-state index contributed by atoms with van der Waals surface area (Å²) in [5.74, 6) is -0.719. The molecule has 1 rings (SSSR count). The van der Waals surface area contributed by atoms with Gasteiger partial charge in [-0.2, -0.15) is 0 Å². The zero-order valence-corrected chi connectivity index (χ0v) is 5.37. The third kappa shape index (κ3) is 1.16. The van der Waals surface area contributed by atoms with E-state index in [2.05, 4.69) is 10.2 Å². The van der Waals surface area contributed by atoms with Gasteiger partial charge in [0.25, 0.3) is 0 Å². The number of nitrogens with zero attached hydrogens (tertiary/aromatic N) is 2. The van der Waals surface area contributed by atoms with E-state index in [1.165, 1.54) is 0 Å². The Bertz CT molecular complexity index is 275. The zero-order valence-electron chi connectivity index (χ0n) is 5.37. The normalized spacial score (nSPS) is 9.45. The average molecular weight is 155 g/mol. The quantitative estimate of drug-likeness (QED) is 0.233. The lowest BCUT2D eigenvalue weighted by molar-refractivity contribution is -0.389. The summed E-state index contributed by atoms with van der Waals surface area (Å²) in [7, 11) is 0. The van der Waals surface area contributed by atoms with Crippen molar-refractivity contribution in [1.82, 2.24) is 10.2 Å². The third-order valence-corrected chi connectivity index (χ3v) is 1.09. The fraction of sp³-hybridized carbons (Fsp3) is 0. The highest BCUT2D eigenvalue weighted by Crippen LogP contribution is 2.11. The van der Waals surface area contributed by atoms with Crippen LogP contribution >= 0.6 is 0 Å². The molecule has 1 aromatic rings. The molecule has 7 heteroatoms. The summed E-state index contributed by atoms with van der Waals surface area (Å²) in [6.45, 7) is 0. The molecule has 0 aliphatic carbocycles. The Balaban J connectivity index is 3.16. The van der Waals surface area contributed by atoms with Crippen molar-refractivity contribution in [2.45, 2.75) is 0 Å². The minimum absolute atomic E-state index is 0.00926. The number of rotatable bonds is 2. The summed E-state index contributed by atoms with van der Waals surface area (Å²) in [6, 6.07) is 0. The van der Waals surface area contributed by atoms with Crippen molar-refractivity contribution in [3.05, 3.63) is 21.9 Å². The van der Waals surface area contributed by atoms with E-state index in [0.717, 1.165) is 6.20 Å². The van der Waals surface area contributed by atoms with Gasteiger partial charge in [0.15, 0.2) is 0 Å². The first kappa shape index (κ1) is 7.19. The Morgan fingerprint density at radius 1 is 1.91 bits per heavy atom. The van der Waals surface area contributed by atoms with Crippen LogP contribution in [0.3, 0.4) is 0 Å². The fourth-order valence-electron chi connectivity index (χ4n) is 0.616. The first-order valence-electron chi connectivity index (χ1n) is 2.65. The third-order valence-electron chi connectivity index (χ3n) is 1.09. The molecule has 0 aliphatic rings. The van der Waals surface area contributed by atoms with Crippen LogP contribution in [0, 0.1) is 15.5 Å². The molecule has 11 heavy (non-hydrogen) atoms. The number of hydrogen-bond donors (Lipinski definition) is 3. The van der Waals surface area contributed by atoms with Crippen LogP contribution in [0.2, 0.25) is 0 Å². The van der Waals surface area contributed by atoms with Gasteiger partial charge in [-0.05, 0) is 4.92 Å². The van der Waals surface area contributed by atoms with E-state index in [1.807, 2.05) is 0 Å². The minimum atomic E-state index is -0.677. The van der Waals surface area contributed by atoms with Crippen LogP contribution < -0.4 is 5.73 Å². The molecule has 0 spiro atoms. The van der Waals surface area contributed by atoms with E-state index in [0.29, 0.717) is 0 Å². The predicted octanol–water partition coefficient (Wildman–Crippen LogP) is -0.398. The maximum Gasteiger partial charge on any atom is 0.353 e. The van der Waals surface area contributed by atoms with E-state index < -0.39 is 4.92 Å². The van der Waals surface area contributed by atoms with Gasteiger partial charge >= 0.3 is 5.82 Å². The lowest BCUT2D eigenvalue weighted by Gasteiger charge is -1.92.